The van der Waals surface area contributed by atoms with Crippen LogP contribution in [-0.2, 0) is 22.5 Å². The van der Waals surface area contributed by atoms with E-state index in [1.54, 1.807) is 24.3 Å². The number of fused-ring (bicyclic) bond motifs is 1. The quantitative estimate of drug-likeness (QED) is 0.693. The zero-order valence-corrected chi connectivity index (χ0v) is 12.2. The summed E-state index contributed by atoms with van der Waals surface area (Å²) in [5, 5.41) is 0. The number of rotatable bonds is 4. The first-order valence-corrected chi connectivity index (χ1v) is 7.57. The SMILES string of the molecule is CB1OCc2cc(Oc3cccc(NS(=O)[O-])c3)ccc21. The predicted molar refractivity (Wildman–Crippen MR) is 81.5 cm³/mol. The second-order valence-corrected chi connectivity index (χ2v) is 5.45. The van der Waals surface area contributed by atoms with E-state index in [1.807, 2.05) is 25.0 Å². The molecule has 0 amide bonds. The summed E-state index contributed by atoms with van der Waals surface area (Å²) in [6.45, 7) is 2.73. The number of anilines is 1. The number of hydrogen-bond donors (Lipinski definition) is 1. The van der Waals surface area contributed by atoms with Crippen molar-refractivity contribution in [2.75, 3.05) is 4.72 Å². The molecule has 1 aliphatic rings. The van der Waals surface area contributed by atoms with Crippen LogP contribution >= 0.6 is 0 Å². The molecule has 0 bridgehead atoms. The van der Waals surface area contributed by atoms with Gasteiger partial charge in [0.1, 0.15) is 11.5 Å². The molecule has 5 nitrogen and oxygen atoms in total. The zero-order chi connectivity index (χ0) is 14.8. The van der Waals surface area contributed by atoms with Crippen LogP contribution < -0.4 is 14.9 Å². The molecule has 1 N–H and O–H groups in total. The molecule has 1 heterocycles. The third-order valence-corrected chi connectivity index (χ3v) is 3.71. The lowest BCUT2D eigenvalue weighted by atomic mass is 9.64. The molecule has 0 aliphatic carbocycles. The molecule has 3 rings (SSSR count). The highest BCUT2D eigenvalue weighted by molar-refractivity contribution is 7.80. The van der Waals surface area contributed by atoms with Crippen LogP contribution in [0.15, 0.2) is 42.5 Å². The number of benzene rings is 2. The minimum atomic E-state index is -2.35. The van der Waals surface area contributed by atoms with Gasteiger partial charge in [-0.2, -0.15) is 0 Å². The van der Waals surface area contributed by atoms with E-state index in [4.69, 9.17) is 9.39 Å². The van der Waals surface area contributed by atoms with Gasteiger partial charge in [0, 0.05) is 23.0 Å². The molecule has 0 radical (unpaired) electrons. The predicted octanol–water partition coefficient (Wildman–Crippen LogP) is 2.04. The van der Waals surface area contributed by atoms with E-state index >= 15 is 0 Å². The topological polar surface area (TPSA) is 70.6 Å². The maximum absolute atomic E-state index is 10.6. The molecule has 0 aromatic heterocycles. The third-order valence-electron chi connectivity index (χ3n) is 3.31. The van der Waals surface area contributed by atoms with Gasteiger partial charge in [0.25, 0.3) is 0 Å². The van der Waals surface area contributed by atoms with Crippen LogP contribution in [0.5, 0.6) is 11.5 Å². The summed E-state index contributed by atoms with van der Waals surface area (Å²) in [6, 6.07) is 12.6. The van der Waals surface area contributed by atoms with Crippen LogP contribution in [0.2, 0.25) is 6.82 Å². The fraction of sp³-hybridized carbons (Fsp3) is 0.143. The lowest BCUT2D eigenvalue weighted by Crippen LogP contribution is -2.23. The number of ether oxygens (including phenoxy) is 1. The molecule has 1 aliphatic heterocycles. The van der Waals surface area contributed by atoms with Crippen LogP contribution in [0.4, 0.5) is 5.69 Å². The van der Waals surface area contributed by atoms with E-state index in [2.05, 4.69) is 4.72 Å². The van der Waals surface area contributed by atoms with Gasteiger partial charge >= 0.3 is 6.92 Å². The monoisotopic (exact) mass is 302 g/mol. The van der Waals surface area contributed by atoms with Gasteiger partial charge < -0.3 is 18.7 Å². The zero-order valence-electron chi connectivity index (χ0n) is 11.4. The van der Waals surface area contributed by atoms with Crippen LogP contribution in [0, 0.1) is 0 Å². The lowest BCUT2D eigenvalue weighted by molar-refractivity contribution is 0.333. The van der Waals surface area contributed by atoms with Gasteiger partial charge in [0.2, 0.25) is 0 Å². The molecule has 7 heteroatoms. The molecule has 2 aromatic rings. The summed E-state index contributed by atoms with van der Waals surface area (Å²) in [4.78, 5) is 0. The summed E-state index contributed by atoms with van der Waals surface area (Å²) in [5.41, 5.74) is 2.76. The Labute approximate surface area is 125 Å². The standard InChI is InChI=1S/C14H14BNO4S/c1-15-14-6-5-13(7-10(14)9-19-15)20-12-4-2-3-11(8-12)16-21(17)18/h2-8,16H,9H2,1H3,(H,17,18)/p-1. The Hall–Kier alpha value is -1.83. The number of hydrogen-bond acceptors (Lipinski definition) is 4. The van der Waals surface area contributed by atoms with Crippen molar-refractivity contribution in [3.63, 3.8) is 0 Å². The Morgan fingerprint density at radius 1 is 1.29 bits per heavy atom. The van der Waals surface area contributed by atoms with Crippen molar-refractivity contribution >= 4 is 29.3 Å². The van der Waals surface area contributed by atoms with Crippen LogP contribution in [0.25, 0.3) is 0 Å². The number of nitrogens with one attached hydrogen (secondary N) is 1. The molecule has 2 aromatic carbocycles. The largest absolute Gasteiger partial charge is 0.755 e. The van der Waals surface area contributed by atoms with E-state index in [0.29, 0.717) is 23.8 Å². The van der Waals surface area contributed by atoms with E-state index in [0.717, 1.165) is 5.56 Å². The maximum Gasteiger partial charge on any atom is 0.324 e. The van der Waals surface area contributed by atoms with E-state index in [1.165, 1.54) is 5.46 Å². The molecule has 21 heavy (non-hydrogen) atoms. The Balaban J connectivity index is 1.79. The van der Waals surface area contributed by atoms with Crippen LogP contribution in [0.1, 0.15) is 5.56 Å². The highest BCUT2D eigenvalue weighted by atomic mass is 32.2. The minimum absolute atomic E-state index is 0.119. The molecule has 0 saturated carbocycles. The lowest BCUT2D eigenvalue weighted by Gasteiger charge is -2.11. The molecule has 0 saturated heterocycles. The summed E-state index contributed by atoms with van der Waals surface area (Å²) in [6.07, 6.45) is 0. The Morgan fingerprint density at radius 2 is 2.10 bits per heavy atom. The summed E-state index contributed by atoms with van der Waals surface area (Å²) >= 11 is -2.35. The second-order valence-electron chi connectivity index (χ2n) is 4.78. The van der Waals surface area contributed by atoms with Crippen molar-refractivity contribution in [2.24, 2.45) is 0 Å². The summed E-state index contributed by atoms with van der Waals surface area (Å²) < 4.78 is 34.9. The van der Waals surface area contributed by atoms with Crippen molar-refractivity contribution in [2.45, 2.75) is 13.4 Å². The van der Waals surface area contributed by atoms with Gasteiger partial charge in [-0.05, 0) is 35.3 Å². The fourth-order valence-corrected chi connectivity index (χ4v) is 2.65. The van der Waals surface area contributed by atoms with E-state index in [9.17, 15) is 8.76 Å². The Morgan fingerprint density at radius 3 is 2.90 bits per heavy atom. The molecule has 0 fully saturated rings. The van der Waals surface area contributed by atoms with Crippen LogP contribution in [0.3, 0.4) is 0 Å². The summed E-state index contributed by atoms with van der Waals surface area (Å²) in [5.74, 6) is 1.27. The van der Waals surface area contributed by atoms with Gasteiger partial charge in [-0.25, -0.2) is 0 Å². The van der Waals surface area contributed by atoms with Crippen molar-refractivity contribution in [1.82, 2.24) is 0 Å². The smallest absolute Gasteiger partial charge is 0.324 e. The first-order valence-electron chi connectivity index (χ1n) is 6.50. The Kier molecular flexibility index (Phi) is 3.96. The molecule has 0 spiro atoms. The van der Waals surface area contributed by atoms with Gasteiger partial charge in [0.05, 0.1) is 6.61 Å². The average Bonchev–Trinajstić information content (AvgIpc) is 2.80. The van der Waals surface area contributed by atoms with Gasteiger partial charge in [0.15, 0.2) is 0 Å². The highest BCUT2D eigenvalue weighted by Crippen LogP contribution is 2.26. The highest BCUT2D eigenvalue weighted by Gasteiger charge is 2.23. The minimum Gasteiger partial charge on any atom is -0.755 e. The molecule has 1 atom stereocenters. The van der Waals surface area contributed by atoms with Gasteiger partial charge in [-0.15, -0.1) is 0 Å². The summed E-state index contributed by atoms with van der Waals surface area (Å²) in [7, 11) is 0. The first-order chi connectivity index (χ1) is 10.1. The van der Waals surface area contributed by atoms with Gasteiger partial charge in [-0.3, -0.25) is 4.21 Å². The van der Waals surface area contributed by atoms with Crippen molar-refractivity contribution in [3.8, 4) is 11.5 Å². The first kappa shape index (κ1) is 14.1. The molecular formula is C14H13BNO4S-. The molecule has 108 valence electrons. The normalized spacial score (nSPS) is 14.7. The third kappa shape index (κ3) is 3.26. The van der Waals surface area contributed by atoms with Crippen molar-refractivity contribution < 1.29 is 18.2 Å². The van der Waals surface area contributed by atoms with E-state index in [-0.39, 0.29) is 6.92 Å². The maximum atomic E-state index is 10.6. The van der Waals surface area contributed by atoms with Crippen molar-refractivity contribution in [3.05, 3.63) is 48.0 Å². The Bertz CT molecular complexity index is 694. The molecule has 1 unspecified atom stereocenters. The van der Waals surface area contributed by atoms with Crippen LogP contribution in [-0.4, -0.2) is 15.7 Å². The average molecular weight is 302 g/mol. The van der Waals surface area contributed by atoms with Gasteiger partial charge in [-0.1, -0.05) is 19.0 Å². The van der Waals surface area contributed by atoms with Crippen molar-refractivity contribution in [1.29, 1.82) is 0 Å². The van der Waals surface area contributed by atoms with E-state index < -0.39 is 11.3 Å². The second kappa shape index (κ2) is 5.89. The fourth-order valence-electron chi connectivity index (χ4n) is 2.33. The molecular weight excluding hydrogens is 289 g/mol.